The molecule has 2 N–H and O–H groups in total. The summed E-state index contributed by atoms with van der Waals surface area (Å²) in [4.78, 5) is 40.3. The van der Waals surface area contributed by atoms with Crippen molar-refractivity contribution in [3.8, 4) is 17.2 Å². The van der Waals surface area contributed by atoms with Crippen LogP contribution in [0.4, 0.5) is 4.79 Å². The second kappa shape index (κ2) is 7.52. The first-order chi connectivity index (χ1) is 15.8. The Morgan fingerprint density at radius 1 is 1.06 bits per heavy atom. The zero-order valence-corrected chi connectivity index (χ0v) is 18.9. The summed E-state index contributed by atoms with van der Waals surface area (Å²) >= 11 is 6.48. The van der Waals surface area contributed by atoms with Crippen molar-refractivity contribution in [1.29, 1.82) is 0 Å². The Kier molecular flexibility index (Phi) is 4.86. The van der Waals surface area contributed by atoms with Crippen LogP contribution < -0.4 is 24.8 Å². The van der Waals surface area contributed by atoms with Gasteiger partial charge in [0.1, 0.15) is 22.1 Å². The molecular formula is C24H21ClN2O6. The fourth-order valence-corrected chi connectivity index (χ4v) is 5.16. The average Bonchev–Trinajstić information content (AvgIpc) is 3.13. The van der Waals surface area contributed by atoms with Gasteiger partial charge in [0.25, 0.3) is 0 Å². The Balaban J connectivity index is 1.68. The molecule has 1 aliphatic carbocycles. The van der Waals surface area contributed by atoms with E-state index in [1.807, 2.05) is 30.3 Å². The van der Waals surface area contributed by atoms with Gasteiger partial charge in [-0.15, -0.1) is 0 Å². The van der Waals surface area contributed by atoms with Gasteiger partial charge in [-0.05, 0) is 12.0 Å². The summed E-state index contributed by atoms with van der Waals surface area (Å²) in [5.41, 5.74) is -0.225. The number of benzene rings is 2. The van der Waals surface area contributed by atoms with Crippen LogP contribution in [0.3, 0.4) is 0 Å². The highest BCUT2D eigenvalue weighted by Gasteiger charge is 2.63. The van der Waals surface area contributed by atoms with Crippen molar-refractivity contribution in [2.24, 2.45) is 5.92 Å². The molecule has 0 fully saturated rings. The normalized spacial score (nSPS) is 25.8. The maximum absolute atomic E-state index is 14.1. The Bertz CT molecular complexity index is 1240. The predicted molar refractivity (Wildman–Crippen MR) is 119 cm³/mol. The molecule has 33 heavy (non-hydrogen) atoms. The lowest BCUT2D eigenvalue weighted by Crippen LogP contribution is -2.60. The second-order valence-corrected chi connectivity index (χ2v) is 8.61. The number of halogens is 1. The van der Waals surface area contributed by atoms with Crippen LogP contribution in [0.15, 0.2) is 47.7 Å². The molecule has 2 heterocycles. The Morgan fingerprint density at radius 2 is 1.76 bits per heavy atom. The summed E-state index contributed by atoms with van der Waals surface area (Å²) in [7, 11) is 2.85. The van der Waals surface area contributed by atoms with Crippen molar-refractivity contribution < 1.29 is 28.6 Å². The van der Waals surface area contributed by atoms with E-state index < -0.39 is 35.2 Å². The predicted octanol–water partition coefficient (Wildman–Crippen LogP) is 3.59. The van der Waals surface area contributed by atoms with E-state index in [4.69, 9.17) is 25.8 Å². The lowest BCUT2D eigenvalue weighted by molar-refractivity contribution is -0.131. The summed E-state index contributed by atoms with van der Waals surface area (Å²) in [6.07, 6.45) is 0.259. The molecule has 2 amide bonds. The van der Waals surface area contributed by atoms with Crippen LogP contribution in [-0.2, 0) is 4.79 Å². The number of urea groups is 1. The molecule has 0 bridgehead atoms. The minimum Gasteiger partial charge on any atom is -0.496 e. The summed E-state index contributed by atoms with van der Waals surface area (Å²) in [6, 6.07) is 9.48. The van der Waals surface area contributed by atoms with Gasteiger partial charge in [-0.2, -0.15) is 0 Å². The van der Waals surface area contributed by atoms with E-state index in [0.29, 0.717) is 11.3 Å². The first kappa shape index (κ1) is 21.3. The number of amides is 2. The third-order valence-electron chi connectivity index (χ3n) is 6.49. The number of ether oxygens (including phenoxy) is 3. The van der Waals surface area contributed by atoms with E-state index in [0.717, 1.165) is 5.56 Å². The molecule has 2 aromatic rings. The van der Waals surface area contributed by atoms with Crippen LogP contribution in [-0.4, -0.2) is 37.4 Å². The number of carbonyl (C=O) groups excluding carboxylic acids is 3. The van der Waals surface area contributed by atoms with Gasteiger partial charge in [0.05, 0.1) is 20.3 Å². The minimum atomic E-state index is -1.83. The number of hydrogen-bond acceptors (Lipinski definition) is 6. The SMILES string of the molecule is COc1cc(OC)c2c(c1Cl)O[C@@]1(C(=O)C3=C(C[C@H]1C)NC(=O)NC3c1ccccc1)C2=O. The molecule has 0 aromatic heterocycles. The number of allylic oxidation sites excluding steroid dienone is 1. The standard InChI is InChI=1S/C24H21ClN2O6/c1-11-9-13-16(19(27-23(30)26-13)12-7-5-4-6-8-12)21(28)24(11)22(29)17-14(31-2)10-15(32-3)18(25)20(17)33-24/h4-8,10-11,19H,9H2,1-3H3,(H2,26,27,30)/t11-,19?,24+/m1/s1. The van der Waals surface area contributed by atoms with Crippen molar-refractivity contribution in [2.45, 2.75) is 25.0 Å². The molecule has 2 aromatic carbocycles. The smallest absolute Gasteiger partial charge is 0.319 e. The number of hydrogen-bond donors (Lipinski definition) is 2. The number of rotatable bonds is 3. The highest BCUT2D eigenvalue weighted by Crippen LogP contribution is 2.54. The monoisotopic (exact) mass is 468 g/mol. The fraction of sp³-hybridized carbons (Fsp3) is 0.292. The van der Waals surface area contributed by atoms with Crippen LogP contribution in [0.2, 0.25) is 5.02 Å². The van der Waals surface area contributed by atoms with Crippen LogP contribution >= 0.6 is 11.6 Å². The van der Waals surface area contributed by atoms with Crippen LogP contribution in [0.5, 0.6) is 17.2 Å². The minimum absolute atomic E-state index is 0.0613. The molecule has 2 aliphatic heterocycles. The molecule has 5 rings (SSSR count). The number of Topliss-reactive ketones (excluding diaryl/α,β-unsaturated/α-hetero) is 2. The zero-order chi connectivity index (χ0) is 23.5. The number of methoxy groups -OCH3 is 2. The fourth-order valence-electron chi connectivity index (χ4n) is 4.89. The first-order valence-electron chi connectivity index (χ1n) is 10.4. The van der Waals surface area contributed by atoms with Gasteiger partial charge in [-0.25, -0.2) is 4.79 Å². The zero-order valence-electron chi connectivity index (χ0n) is 18.2. The van der Waals surface area contributed by atoms with Crippen molar-refractivity contribution in [1.82, 2.24) is 10.6 Å². The second-order valence-electron chi connectivity index (χ2n) is 8.23. The van der Waals surface area contributed by atoms with Crippen molar-refractivity contribution in [3.63, 3.8) is 0 Å². The molecule has 170 valence electrons. The van der Waals surface area contributed by atoms with Gasteiger partial charge in [0.2, 0.25) is 17.2 Å². The average molecular weight is 469 g/mol. The van der Waals surface area contributed by atoms with E-state index in [9.17, 15) is 14.4 Å². The topological polar surface area (TPSA) is 103 Å². The Morgan fingerprint density at radius 3 is 2.42 bits per heavy atom. The number of nitrogens with one attached hydrogen (secondary N) is 2. The molecule has 8 nitrogen and oxygen atoms in total. The maximum atomic E-state index is 14.1. The van der Waals surface area contributed by atoms with Crippen LogP contribution in [0.25, 0.3) is 0 Å². The third kappa shape index (κ3) is 2.87. The van der Waals surface area contributed by atoms with Crippen molar-refractivity contribution >= 4 is 29.2 Å². The highest BCUT2D eigenvalue weighted by atomic mass is 35.5. The first-order valence-corrected chi connectivity index (χ1v) is 10.8. The molecular weight excluding hydrogens is 448 g/mol. The van der Waals surface area contributed by atoms with Gasteiger partial charge in [-0.3, -0.25) is 9.59 Å². The largest absolute Gasteiger partial charge is 0.496 e. The molecule has 3 atom stereocenters. The van der Waals surface area contributed by atoms with Gasteiger partial charge < -0.3 is 24.8 Å². The number of ketones is 2. The molecule has 0 saturated carbocycles. The van der Waals surface area contributed by atoms with Crippen LogP contribution in [0.1, 0.15) is 35.3 Å². The van der Waals surface area contributed by atoms with E-state index in [1.54, 1.807) is 6.92 Å². The lowest BCUT2D eigenvalue weighted by Gasteiger charge is -2.42. The summed E-state index contributed by atoms with van der Waals surface area (Å²) in [5, 5.41) is 5.64. The Labute approximate surface area is 194 Å². The van der Waals surface area contributed by atoms with E-state index in [-0.39, 0.29) is 34.3 Å². The molecule has 1 unspecified atom stereocenters. The van der Waals surface area contributed by atoms with Gasteiger partial charge in [-0.1, -0.05) is 48.9 Å². The maximum Gasteiger partial charge on any atom is 0.319 e. The summed E-state index contributed by atoms with van der Waals surface area (Å²) < 4.78 is 16.9. The van der Waals surface area contributed by atoms with Gasteiger partial charge >= 0.3 is 6.03 Å². The number of carbonyl (C=O) groups is 3. The van der Waals surface area contributed by atoms with E-state index in [2.05, 4.69) is 10.6 Å². The highest BCUT2D eigenvalue weighted by molar-refractivity contribution is 6.36. The van der Waals surface area contributed by atoms with E-state index >= 15 is 0 Å². The van der Waals surface area contributed by atoms with Crippen molar-refractivity contribution in [3.05, 3.63) is 63.8 Å². The van der Waals surface area contributed by atoms with Crippen molar-refractivity contribution in [2.75, 3.05) is 14.2 Å². The molecule has 0 saturated heterocycles. The van der Waals surface area contributed by atoms with Gasteiger partial charge in [0.15, 0.2) is 5.75 Å². The van der Waals surface area contributed by atoms with Gasteiger partial charge in [0, 0.05) is 23.3 Å². The quantitative estimate of drug-likeness (QED) is 0.667. The molecule has 3 aliphatic rings. The lowest BCUT2D eigenvalue weighted by atomic mass is 9.68. The summed E-state index contributed by atoms with van der Waals surface area (Å²) in [6.45, 7) is 1.74. The summed E-state index contributed by atoms with van der Waals surface area (Å²) in [5.74, 6) is -1.08. The van der Waals surface area contributed by atoms with Crippen LogP contribution in [0, 0.1) is 5.92 Å². The molecule has 1 spiro atoms. The Hall–Kier alpha value is -3.52. The molecule has 0 radical (unpaired) electrons. The molecule has 9 heteroatoms. The number of fused-ring (bicyclic) bond motifs is 1. The van der Waals surface area contributed by atoms with E-state index in [1.165, 1.54) is 20.3 Å². The third-order valence-corrected chi connectivity index (χ3v) is 6.85.